The van der Waals surface area contributed by atoms with E-state index in [2.05, 4.69) is 20.9 Å². The molecular formula is C21H26F2N4O2. The van der Waals surface area contributed by atoms with E-state index in [1.165, 1.54) is 6.07 Å². The molecule has 6 nitrogen and oxygen atoms in total. The van der Waals surface area contributed by atoms with Gasteiger partial charge in [0.2, 0.25) is 0 Å². The highest BCUT2D eigenvalue weighted by molar-refractivity contribution is 5.94. The summed E-state index contributed by atoms with van der Waals surface area (Å²) in [4.78, 5) is 16.2. The number of ether oxygens (including phenoxy) is 1. The maximum atomic E-state index is 13.2. The summed E-state index contributed by atoms with van der Waals surface area (Å²) in [6.07, 6.45) is 0.687. The molecular weight excluding hydrogens is 378 g/mol. The predicted octanol–water partition coefficient (Wildman–Crippen LogP) is 2.50. The van der Waals surface area contributed by atoms with E-state index in [1.807, 2.05) is 25.1 Å². The molecule has 0 aromatic heterocycles. The Morgan fingerprint density at radius 1 is 1.10 bits per heavy atom. The zero-order chi connectivity index (χ0) is 21.1. The molecule has 2 aromatic carbocycles. The number of benzene rings is 2. The van der Waals surface area contributed by atoms with Crippen molar-refractivity contribution in [1.29, 1.82) is 0 Å². The van der Waals surface area contributed by atoms with Crippen LogP contribution < -0.4 is 20.7 Å². The fourth-order valence-corrected chi connectivity index (χ4v) is 2.56. The lowest BCUT2D eigenvalue weighted by molar-refractivity contribution is 0.0963. The van der Waals surface area contributed by atoms with Gasteiger partial charge in [0.05, 0.1) is 6.54 Å². The van der Waals surface area contributed by atoms with E-state index in [1.54, 1.807) is 13.1 Å². The Bertz CT molecular complexity index is 843. The Morgan fingerprint density at radius 2 is 1.93 bits per heavy atom. The minimum Gasteiger partial charge on any atom is -0.492 e. The highest BCUT2D eigenvalue weighted by atomic mass is 19.2. The molecule has 8 heteroatoms. The summed E-state index contributed by atoms with van der Waals surface area (Å²) < 4.78 is 31.5. The first-order valence-electron chi connectivity index (χ1n) is 9.44. The van der Waals surface area contributed by atoms with Crippen LogP contribution in [-0.4, -0.2) is 45.2 Å². The van der Waals surface area contributed by atoms with Crippen molar-refractivity contribution in [2.45, 2.75) is 13.3 Å². The summed E-state index contributed by atoms with van der Waals surface area (Å²) in [7, 11) is 1.60. The maximum Gasteiger partial charge on any atom is 0.251 e. The van der Waals surface area contributed by atoms with Gasteiger partial charge in [-0.25, -0.2) is 8.78 Å². The van der Waals surface area contributed by atoms with E-state index in [-0.39, 0.29) is 18.3 Å². The van der Waals surface area contributed by atoms with Gasteiger partial charge in [0.15, 0.2) is 17.6 Å². The van der Waals surface area contributed by atoms with Crippen molar-refractivity contribution < 1.29 is 18.3 Å². The van der Waals surface area contributed by atoms with Crippen LogP contribution in [-0.2, 0) is 6.42 Å². The molecule has 0 bridgehead atoms. The predicted molar refractivity (Wildman–Crippen MR) is 109 cm³/mol. The number of aliphatic imine (C=N–C) groups is 1. The van der Waals surface area contributed by atoms with Gasteiger partial charge in [0, 0.05) is 31.8 Å². The second-order valence-corrected chi connectivity index (χ2v) is 6.14. The number of nitrogens with zero attached hydrogens (tertiary/aromatic N) is 1. The Hall–Kier alpha value is -3.16. The van der Waals surface area contributed by atoms with Crippen molar-refractivity contribution in [2.24, 2.45) is 4.99 Å². The molecule has 2 aromatic rings. The van der Waals surface area contributed by atoms with Crippen LogP contribution in [0.3, 0.4) is 0 Å². The highest BCUT2D eigenvalue weighted by Gasteiger charge is 2.05. The van der Waals surface area contributed by atoms with Gasteiger partial charge in [-0.1, -0.05) is 12.1 Å². The quantitative estimate of drug-likeness (QED) is 0.341. The molecule has 0 saturated carbocycles. The summed E-state index contributed by atoms with van der Waals surface area (Å²) in [5.74, 6) is -1.07. The van der Waals surface area contributed by atoms with Crippen molar-refractivity contribution >= 4 is 11.9 Å². The molecule has 0 unspecified atom stereocenters. The lowest BCUT2D eigenvalue weighted by Crippen LogP contribution is -2.39. The van der Waals surface area contributed by atoms with E-state index in [0.717, 1.165) is 17.7 Å². The number of carbonyl (C=O) groups excluding carboxylic acids is 1. The Morgan fingerprint density at radius 3 is 2.66 bits per heavy atom. The SMILES string of the molecule is CCNC(=NCCc1cccc(C(=O)NC)c1)NCCOc1ccc(F)c(F)c1. The van der Waals surface area contributed by atoms with E-state index in [0.29, 0.717) is 37.6 Å². The smallest absolute Gasteiger partial charge is 0.251 e. The number of carbonyl (C=O) groups is 1. The first kappa shape index (κ1) is 22.1. The summed E-state index contributed by atoms with van der Waals surface area (Å²) in [5.41, 5.74) is 1.64. The lowest BCUT2D eigenvalue weighted by Gasteiger charge is -2.12. The van der Waals surface area contributed by atoms with Crippen molar-refractivity contribution in [3.63, 3.8) is 0 Å². The van der Waals surface area contributed by atoms with Gasteiger partial charge in [0.1, 0.15) is 12.4 Å². The minimum absolute atomic E-state index is 0.119. The van der Waals surface area contributed by atoms with Crippen LogP contribution >= 0.6 is 0 Å². The molecule has 0 radical (unpaired) electrons. The molecule has 29 heavy (non-hydrogen) atoms. The third-order valence-corrected chi connectivity index (χ3v) is 3.99. The molecule has 0 fully saturated rings. The Balaban J connectivity index is 1.81. The molecule has 0 heterocycles. The van der Waals surface area contributed by atoms with Gasteiger partial charge >= 0.3 is 0 Å². The third-order valence-electron chi connectivity index (χ3n) is 3.99. The number of guanidine groups is 1. The zero-order valence-electron chi connectivity index (χ0n) is 16.6. The number of halogens is 2. The van der Waals surface area contributed by atoms with Crippen LogP contribution in [0.2, 0.25) is 0 Å². The molecule has 0 atom stereocenters. The summed E-state index contributed by atoms with van der Waals surface area (Å²) in [5, 5.41) is 8.86. The van der Waals surface area contributed by atoms with Crippen molar-refractivity contribution in [3.8, 4) is 5.75 Å². The summed E-state index contributed by atoms with van der Waals surface area (Å²) in [6, 6.07) is 10.9. The second-order valence-electron chi connectivity index (χ2n) is 6.14. The van der Waals surface area contributed by atoms with Crippen molar-refractivity contribution in [3.05, 3.63) is 65.2 Å². The van der Waals surface area contributed by atoms with Crippen molar-refractivity contribution in [1.82, 2.24) is 16.0 Å². The van der Waals surface area contributed by atoms with Gasteiger partial charge < -0.3 is 20.7 Å². The molecule has 0 aliphatic rings. The van der Waals surface area contributed by atoms with Gasteiger partial charge in [-0.3, -0.25) is 9.79 Å². The topological polar surface area (TPSA) is 74.8 Å². The molecule has 0 spiro atoms. The van der Waals surface area contributed by atoms with E-state index in [9.17, 15) is 13.6 Å². The van der Waals surface area contributed by atoms with E-state index in [4.69, 9.17) is 4.74 Å². The number of hydrogen-bond donors (Lipinski definition) is 3. The van der Waals surface area contributed by atoms with Crippen LogP contribution in [0.25, 0.3) is 0 Å². The molecule has 3 N–H and O–H groups in total. The van der Waals surface area contributed by atoms with Gasteiger partial charge in [-0.15, -0.1) is 0 Å². The second kappa shape index (κ2) is 11.6. The van der Waals surface area contributed by atoms with Crippen LogP contribution in [0.1, 0.15) is 22.8 Å². The van der Waals surface area contributed by atoms with Crippen LogP contribution in [0.15, 0.2) is 47.5 Å². The fraction of sp³-hybridized carbons (Fsp3) is 0.333. The maximum absolute atomic E-state index is 13.2. The van der Waals surface area contributed by atoms with Gasteiger partial charge in [-0.2, -0.15) is 0 Å². The molecule has 156 valence electrons. The van der Waals surface area contributed by atoms with E-state index >= 15 is 0 Å². The van der Waals surface area contributed by atoms with Crippen LogP contribution in [0.4, 0.5) is 8.78 Å². The minimum atomic E-state index is -0.939. The summed E-state index contributed by atoms with van der Waals surface area (Å²) in [6.45, 7) is 3.90. The lowest BCUT2D eigenvalue weighted by atomic mass is 10.1. The molecule has 1 amide bonds. The van der Waals surface area contributed by atoms with Crippen molar-refractivity contribution in [2.75, 3.05) is 33.3 Å². The monoisotopic (exact) mass is 404 g/mol. The average Bonchev–Trinajstić information content (AvgIpc) is 2.73. The molecule has 0 aliphatic carbocycles. The van der Waals surface area contributed by atoms with Gasteiger partial charge in [0.25, 0.3) is 5.91 Å². The largest absolute Gasteiger partial charge is 0.492 e. The Labute approximate surface area is 169 Å². The molecule has 0 saturated heterocycles. The third kappa shape index (κ3) is 7.40. The fourth-order valence-electron chi connectivity index (χ4n) is 2.56. The number of amides is 1. The first-order chi connectivity index (χ1) is 14.0. The Kier molecular flexibility index (Phi) is 8.88. The summed E-state index contributed by atoms with van der Waals surface area (Å²) >= 11 is 0. The van der Waals surface area contributed by atoms with Crippen LogP contribution in [0, 0.1) is 11.6 Å². The number of rotatable bonds is 9. The van der Waals surface area contributed by atoms with Crippen LogP contribution in [0.5, 0.6) is 5.75 Å². The first-order valence-corrected chi connectivity index (χ1v) is 9.44. The average molecular weight is 404 g/mol. The zero-order valence-corrected chi connectivity index (χ0v) is 16.6. The number of hydrogen-bond acceptors (Lipinski definition) is 3. The molecule has 0 aliphatic heterocycles. The standard InChI is InChI=1S/C21H26F2N4O2/c1-3-25-21(27-11-12-29-17-7-8-18(22)19(23)14-17)26-10-9-15-5-4-6-16(13-15)20(28)24-2/h4-8,13-14H,3,9-12H2,1-2H3,(H,24,28)(H2,25,26,27). The number of nitrogens with one attached hydrogen (secondary N) is 3. The molecule has 2 rings (SSSR count). The highest BCUT2D eigenvalue weighted by Crippen LogP contribution is 2.15. The van der Waals surface area contributed by atoms with Gasteiger partial charge in [-0.05, 0) is 43.2 Å². The normalized spacial score (nSPS) is 11.1. The van der Waals surface area contributed by atoms with E-state index < -0.39 is 11.6 Å².